The van der Waals surface area contributed by atoms with Gasteiger partial charge in [0, 0.05) is 5.92 Å². The normalized spacial score (nSPS) is 34.9. The van der Waals surface area contributed by atoms with E-state index in [0.29, 0.717) is 5.92 Å². The summed E-state index contributed by atoms with van der Waals surface area (Å²) in [6, 6.07) is 0. The van der Waals surface area contributed by atoms with E-state index in [9.17, 15) is 0 Å². The van der Waals surface area contributed by atoms with Gasteiger partial charge in [0.1, 0.15) is 0 Å². The molecule has 53 valence electrons. The van der Waals surface area contributed by atoms with Crippen molar-refractivity contribution in [2.45, 2.75) is 0 Å². The molecular formula is C11H9. The highest BCUT2D eigenvalue weighted by atomic mass is 14.1. The van der Waals surface area contributed by atoms with E-state index in [0.717, 1.165) is 0 Å². The fourth-order valence-corrected chi connectivity index (χ4v) is 1.25. The Morgan fingerprint density at radius 1 is 1.00 bits per heavy atom. The molecule has 0 heterocycles. The lowest BCUT2D eigenvalue weighted by Crippen LogP contribution is -1.91. The first-order valence-electron chi connectivity index (χ1n) is 3.78. The van der Waals surface area contributed by atoms with Crippen molar-refractivity contribution in [2.75, 3.05) is 0 Å². The maximum absolute atomic E-state index is 3.22. The minimum Gasteiger partial charge on any atom is -0.0732 e. The Morgan fingerprint density at radius 2 is 1.91 bits per heavy atom. The van der Waals surface area contributed by atoms with Crippen LogP contribution in [0.15, 0.2) is 54.2 Å². The Labute approximate surface area is 66.9 Å². The summed E-state index contributed by atoms with van der Waals surface area (Å²) in [5.74, 6) is 0.455. The van der Waals surface area contributed by atoms with Crippen LogP contribution >= 0.6 is 0 Å². The summed E-state index contributed by atoms with van der Waals surface area (Å²) < 4.78 is 0. The first-order chi connectivity index (χ1) is 5.47. The summed E-state index contributed by atoms with van der Waals surface area (Å²) in [4.78, 5) is 0. The van der Waals surface area contributed by atoms with Gasteiger partial charge in [-0.15, -0.1) is 0 Å². The summed E-state index contributed by atoms with van der Waals surface area (Å²) in [5, 5.41) is 0. The highest BCUT2D eigenvalue weighted by molar-refractivity contribution is 5.38. The van der Waals surface area contributed by atoms with Crippen LogP contribution in [-0.2, 0) is 0 Å². The van der Waals surface area contributed by atoms with Crippen molar-refractivity contribution in [3.63, 3.8) is 0 Å². The second-order valence-corrected chi connectivity index (χ2v) is 2.61. The van der Waals surface area contributed by atoms with Crippen LogP contribution in [0.5, 0.6) is 0 Å². The molecule has 0 aromatic heterocycles. The summed E-state index contributed by atoms with van der Waals surface area (Å²) in [6.07, 6.45) is 19.8. The maximum atomic E-state index is 3.22. The highest BCUT2D eigenvalue weighted by Gasteiger charge is 2.08. The minimum atomic E-state index is 0.455. The Balaban J connectivity index is 2.35. The molecule has 0 saturated heterocycles. The Hall–Kier alpha value is -1.30. The van der Waals surface area contributed by atoms with Crippen LogP contribution in [0.1, 0.15) is 0 Å². The summed E-state index contributed by atoms with van der Waals surface area (Å²) in [6.45, 7) is 0. The zero-order chi connectivity index (χ0) is 7.52. The molecule has 0 saturated carbocycles. The van der Waals surface area contributed by atoms with Gasteiger partial charge in [-0.1, -0.05) is 48.6 Å². The molecule has 0 heteroatoms. The van der Waals surface area contributed by atoms with Gasteiger partial charge in [0.15, 0.2) is 0 Å². The van der Waals surface area contributed by atoms with Gasteiger partial charge in [-0.05, 0) is 11.6 Å². The molecule has 2 aliphatic rings. The molecular weight excluding hydrogens is 132 g/mol. The topological polar surface area (TPSA) is 0 Å². The van der Waals surface area contributed by atoms with Crippen molar-refractivity contribution in [3.8, 4) is 0 Å². The number of rotatable bonds is 0. The Bertz CT molecular complexity index is 285. The van der Waals surface area contributed by atoms with Crippen molar-refractivity contribution in [1.29, 1.82) is 0 Å². The lowest BCUT2D eigenvalue weighted by Gasteiger charge is -2.03. The molecule has 11 heavy (non-hydrogen) atoms. The maximum Gasteiger partial charge on any atom is 0.0211 e. The van der Waals surface area contributed by atoms with E-state index < -0.39 is 0 Å². The number of fused-ring (bicyclic) bond motifs is 1. The third-order valence-electron chi connectivity index (χ3n) is 1.84. The quantitative estimate of drug-likeness (QED) is 0.486. The van der Waals surface area contributed by atoms with Crippen LogP contribution in [0.4, 0.5) is 0 Å². The SMILES string of the molecule is [C]1=C/C=C\C=C/C2C=CC=C\12. The van der Waals surface area contributed by atoms with Gasteiger partial charge in [-0.3, -0.25) is 0 Å². The first kappa shape index (κ1) is 6.41. The van der Waals surface area contributed by atoms with Crippen molar-refractivity contribution < 1.29 is 0 Å². The molecule has 2 aliphatic carbocycles. The van der Waals surface area contributed by atoms with Gasteiger partial charge < -0.3 is 0 Å². The van der Waals surface area contributed by atoms with Crippen molar-refractivity contribution in [3.05, 3.63) is 60.3 Å². The molecule has 0 bridgehead atoms. The third kappa shape index (κ3) is 1.25. The number of hydrogen-bond acceptors (Lipinski definition) is 0. The number of allylic oxidation sites excluding steroid dienone is 10. The predicted molar refractivity (Wildman–Crippen MR) is 46.8 cm³/mol. The highest BCUT2D eigenvalue weighted by Crippen LogP contribution is 2.21. The average molecular weight is 141 g/mol. The zero-order valence-electron chi connectivity index (χ0n) is 6.20. The van der Waals surface area contributed by atoms with E-state index in [1.165, 1.54) is 5.57 Å². The first-order valence-corrected chi connectivity index (χ1v) is 3.78. The van der Waals surface area contributed by atoms with Crippen LogP contribution in [0.3, 0.4) is 0 Å². The van der Waals surface area contributed by atoms with Gasteiger partial charge >= 0.3 is 0 Å². The molecule has 2 rings (SSSR count). The Kier molecular flexibility index (Phi) is 1.60. The van der Waals surface area contributed by atoms with Crippen LogP contribution in [0, 0.1) is 12.0 Å². The monoisotopic (exact) mass is 141 g/mol. The smallest absolute Gasteiger partial charge is 0.0211 e. The van der Waals surface area contributed by atoms with Crippen LogP contribution in [0.2, 0.25) is 0 Å². The molecule has 0 amide bonds. The second kappa shape index (κ2) is 2.75. The molecule has 0 nitrogen and oxygen atoms in total. The van der Waals surface area contributed by atoms with E-state index >= 15 is 0 Å². The van der Waals surface area contributed by atoms with E-state index in [2.05, 4.69) is 36.5 Å². The molecule has 1 unspecified atom stereocenters. The minimum absolute atomic E-state index is 0.455. The molecule has 1 atom stereocenters. The number of hydrogen-bond donors (Lipinski definition) is 0. The van der Waals surface area contributed by atoms with Crippen molar-refractivity contribution in [2.24, 2.45) is 5.92 Å². The lowest BCUT2D eigenvalue weighted by molar-refractivity contribution is 1.02. The molecule has 0 N–H and O–H groups in total. The lowest BCUT2D eigenvalue weighted by atomic mass is 10.0. The molecule has 0 spiro atoms. The van der Waals surface area contributed by atoms with Crippen molar-refractivity contribution in [1.82, 2.24) is 0 Å². The van der Waals surface area contributed by atoms with Gasteiger partial charge in [0.05, 0.1) is 0 Å². The third-order valence-corrected chi connectivity index (χ3v) is 1.84. The molecule has 0 aromatic carbocycles. The summed E-state index contributed by atoms with van der Waals surface area (Å²) >= 11 is 0. The molecule has 1 radical (unpaired) electrons. The standard InChI is InChI=1S/C11H9/c1-2-4-7-11-9-5-8-10(11)6-3-1/h1-6,8-10H/b2-1-,6-3-,7-4?. The zero-order valence-corrected chi connectivity index (χ0v) is 6.20. The molecule has 0 aromatic rings. The Morgan fingerprint density at radius 3 is 2.91 bits per heavy atom. The summed E-state index contributed by atoms with van der Waals surface area (Å²) in [7, 11) is 0. The van der Waals surface area contributed by atoms with E-state index in [1.54, 1.807) is 0 Å². The molecule has 0 aliphatic heterocycles. The van der Waals surface area contributed by atoms with Crippen LogP contribution in [-0.4, -0.2) is 0 Å². The predicted octanol–water partition coefficient (Wildman–Crippen LogP) is 2.58. The fourth-order valence-electron chi connectivity index (χ4n) is 1.25. The average Bonchev–Trinajstić information content (AvgIpc) is 2.35. The van der Waals surface area contributed by atoms with Crippen molar-refractivity contribution >= 4 is 0 Å². The van der Waals surface area contributed by atoms with E-state index in [1.807, 2.05) is 18.2 Å². The van der Waals surface area contributed by atoms with Crippen LogP contribution in [0.25, 0.3) is 0 Å². The molecule has 0 fully saturated rings. The van der Waals surface area contributed by atoms with Gasteiger partial charge in [-0.25, -0.2) is 0 Å². The van der Waals surface area contributed by atoms with Gasteiger partial charge in [-0.2, -0.15) is 0 Å². The van der Waals surface area contributed by atoms with E-state index in [-0.39, 0.29) is 0 Å². The largest absolute Gasteiger partial charge is 0.0732 e. The van der Waals surface area contributed by atoms with E-state index in [4.69, 9.17) is 0 Å². The van der Waals surface area contributed by atoms with Gasteiger partial charge in [0.2, 0.25) is 0 Å². The van der Waals surface area contributed by atoms with Crippen LogP contribution < -0.4 is 0 Å². The fraction of sp³-hybridized carbons (Fsp3) is 0.0909. The van der Waals surface area contributed by atoms with Gasteiger partial charge in [0.25, 0.3) is 0 Å². The summed E-state index contributed by atoms with van der Waals surface area (Å²) in [5.41, 5.74) is 1.26. The second-order valence-electron chi connectivity index (χ2n) is 2.61.